The summed E-state index contributed by atoms with van der Waals surface area (Å²) in [5.41, 5.74) is 3.16. The molecule has 1 saturated heterocycles. The van der Waals surface area contributed by atoms with Crippen LogP contribution in [0.15, 0.2) is 59.6 Å². The minimum Gasteiger partial charge on any atom is -0.381 e. The molecule has 1 fully saturated rings. The summed E-state index contributed by atoms with van der Waals surface area (Å²) < 4.78 is 5.64. The van der Waals surface area contributed by atoms with Gasteiger partial charge in [0.05, 0.1) is 6.54 Å². The molecule has 0 aliphatic carbocycles. The lowest BCUT2D eigenvalue weighted by atomic mass is 9.74. The van der Waals surface area contributed by atoms with Gasteiger partial charge < -0.3 is 20.7 Å². The largest absolute Gasteiger partial charge is 0.381 e. The second-order valence-electron chi connectivity index (χ2n) is 7.91. The number of amides is 1. The second kappa shape index (κ2) is 11.5. The normalized spacial score (nSPS) is 15.9. The second-order valence-corrected chi connectivity index (χ2v) is 7.91. The molecule has 1 aliphatic rings. The average molecular weight is 423 g/mol. The van der Waals surface area contributed by atoms with Gasteiger partial charge in [-0.15, -0.1) is 0 Å². The van der Waals surface area contributed by atoms with E-state index >= 15 is 0 Å². The molecule has 0 spiro atoms. The zero-order chi connectivity index (χ0) is 21.9. The molecule has 1 amide bonds. The molecule has 0 radical (unpaired) electrons. The molecule has 0 saturated carbocycles. The summed E-state index contributed by atoms with van der Waals surface area (Å²) in [4.78, 5) is 16.8. The van der Waals surface area contributed by atoms with E-state index in [-0.39, 0.29) is 11.3 Å². The van der Waals surface area contributed by atoms with Crippen molar-refractivity contribution < 1.29 is 9.53 Å². The van der Waals surface area contributed by atoms with Crippen LogP contribution in [0, 0.1) is 0 Å². The Hall–Kier alpha value is -2.86. The predicted molar refractivity (Wildman–Crippen MR) is 126 cm³/mol. The SMILES string of the molecule is CCNC(=NCC1(c2ccccc2)CCOCC1)NCCc1cccc(C(=O)NC)c1. The lowest BCUT2D eigenvalue weighted by Gasteiger charge is -2.36. The zero-order valence-electron chi connectivity index (χ0n) is 18.6. The Kier molecular flexibility index (Phi) is 8.47. The van der Waals surface area contributed by atoms with E-state index in [1.54, 1.807) is 7.05 Å². The summed E-state index contributed by atoms with van der Waals surface area (Å²) >= 11 is 0. The summed E-state index contributed by atoms with van der Waals surface area (Å²) in [6.45, 7) is 5.89. The van der Waals surface area contributed by atoms with Gasteiger partial charge in [-0.2, -0.15) is 0 Å². The predicted octanol–water partition coefficient (Wildman–Crippen LogP) is 2.89. The standard InChI is InChI=1S/C25H34N4O2/c1-3-27-24(28-15-12-20-8-7-9-21(18-20)23(30)26-2)29-19-25(13-16-31-17-14-25)22-10-5-4-6-11-22/h4-11,18H,3,12-17,19H2,1-2H3,(H,26,30)(H2,27,28,29). The Balaban J connectivity index is 1.65. The summed E-state index contributed by atoms with van der Waals surface area (Å²) in [5.74, 6) is 0.763. The highest BCUT2D eigenvalue weighted by Crippen LogP contribution is 2.35. The third-order valence-corrected chi connectivity index (χ3v) is 5.84. The van der Waals surface area contributed by atoms with Gasteiger partial charge in [0.1, 0.15) is 0 Å². The van der Waals surface area contributed by atoms with Gasteiger partial charge in [0.25, 0.3) is 5.91 Å². The summed E-state index contributed by atoms with van der Waals surface area (Å²) in [6.07, 6.45) is 2.77. The van der Waals surface area contributed by atoms with Crippen LogP contribution in [0.5, 0.6) is 0 Å². The Morgan fingerprint density at radius 2 is 1.84 bits per heavy atom. The highest BCUT2D eigenvalue weighted by Gasteiger charge is 2.34. The smallest absolute Gasteiger partial charge is 0.251 e. The van der Waals surface area contributed by atoms with Gasteiger partial charge in [0, 0.05) is 44.3 Å². The van der Waals surface area contributed by atoms with Crippen LogP contribution in [-0.2, 0) is 16.6 Å². The molecular weight excluding hydrogens is 388 g/mol. The first-order valence-electron chi connectivity index (χ1n) is 11.1. The topological polar surface area (TPSA) is 74.8 Å². The van der Waals surface area contributed by atoms with Crippen LogP contribution in [0.2, 0.25) is 0 Å². The van der Waals surface area contributed by atoms with Gasteiger partial charge >= 0.3 is 0 Å². The number of hydrogen-bond donors (Lipinski definition) is 3. The minimum atomic E-state index is -0.0626. The summed E-state index contributed by atoms with van der Waals surface area (Å²) in [5, 5.41) is 9.48. The van der Waals surface area contributed by atoms with Gasteiger partial charge in [0.2, 0.25) is 0 Å². The average Bonchev–Trinajstić information content (AvgIpc) is 2.83. The fourth-order valence-corrected chi connectivity index (χ4v) is 4.00. The molecule has 6 heteroatoms. The highest BCUT2D eigenvalue weighted by molar-refractivity contribution is 5.94. The molecule has 3 rings (SSSR count). The van der Waals surface area contributed by atoms with Crippen molar-refractivity contribution in [2.45, 2.75) is 31.6 Å². The van der Waals surface area contributed by atoms with Gasteiger partial charge in [-0.1, -0.05) is 42.5 Å². The maximum atomic E-state index is 11.9. The summed E-state index contributed by atoms with van der Waals surface area (Å²) in [7, 11) is 1.65. The lowest BCUT2D eigenvalue weighted by molar-refractivity contribution is 0.0531. The Bertz CT molecular complexity index is 861. The van der Waals surface area contributed by atoms with Crippen molar-refractivity contribution in [2.75, 3.05) is 39.9 Å². The third kappa shape index (κ3) is 6.31. The Labute approximate surface area is 185 Å². The van der Waals surface area contributed by atoms with E-state index in [0.29, 0.717) is 5.56 Å². The van der Waals surface area contributed by atoms with Crippen LogP contribution >= 0.6 is 0 Å². The van der Waals surface area contributed by atoms with Crippen molar-refractivity contribution >= 4 is 11.9 Å². The lowest BCUT2D eigenvalue weighted by Crippen LogP contribution is -2.41. The van der Waals surface area contributed by atoms with Crippen LogP contribution in [0.4, 0.5) is 0 Å². The molecule has 0 atom stereocenters. The number of hydrogen-bond acceptors (Lipinski definition) is 3. The van der Waals surface area contributed by atoms with E-state index < -0.39 is 0 Å². The van der Waals surface area contributed by atoms with E-state index in [4.69, 9.17) is 9.73 Å². The molecule has 166 valence electrons. The number of nitrogens with zero attached hydrogens (tertiary/aromatic N) is 1. The number of benzene rings is 2. The van der Waals surface area contributed by atoms with E-state index in [2.05, 4.69) is 53.2 Å². The molecule has 2 aromatic rings. The molecule has 3 N–H and O–H groups in total. The quantitative estimate of drug-likeness (QED) is 0.452. The van der Waals surface area contributed by atoms with Gasteiger partial charge in [-0.25, -0.2) is 0 Å². The van der Waals surface area contributed by atoms with Crippen LogP contribution < -0.4 is 16.0 Å². The molecule has 0 bridgehead atoms. The van der Waals surface area contributed by atoms with Crippen LogP contribution in [0.3, 0.4) is 0 Å². The van der Waals surface area contributed by atoms with Crippen molar-refractivity contribution in [1.82, 2.24) is 16.0 Å². The Morgan fingerprint density at radius 1 is 1.06 bits per heavy atom. The number of aliphatic imine (C=N–C) groups is 1. The van der Waals surface area contributed by atoms with Gasteiger partial charge in [-0.05, 0) is 49.4 Å². The Morgan fingerprint density at radius 3 is 2.55 bits per heavy atom. The molecular formula is C25H34N4O2. The van der Waals surface area contributed by atoms with E-state index in [1.807, 2.05) is 24.3 Å². The molecule has 0 unspecified atom stereocenters. The maximum Gasteiger partial charge on any atom is 0.251 e. The van der Waals surface area contributed by atoms with Crippen molar-refractivity contribution in [1.29, 1.82) is 0 Å². The van der Waals surface area contributed by atoms with Gasteiger partial charge in [-0.3, -0.25) is 9.79 Å². The summed E-state index contributed by atoms with van der Waals surface area (Å²) in [6, 6.07) is 18.4. The molecule has 6 nitrogen and oxygen atoms in total. The van der Waals surface area contributed by atoms with Crippen molar-refractivity contribution in [3.05, 3.63) is 71.3 Å². The number of carbonyl (C=O) groups is 1. The first kappa shape index (κ1) is 22.8. The van der Waals surface area contributed by atoms with E-state index in [1.165, 1.54) is 5.56 Å². The highest BCUT2D eigenvalue weighted by atomic mass is 16.5. The van der Waals surface area contributed by atoms with E-state index in [9.17, 15) is 4.79 Å². The third-order valence-electron chi connectivity index (χ3n) is 5.84. The molecule has 0 aromatic heterocycles. The van der Waals surface area contributed by atoms with Crippen LogP contribution in [-0.4, -0.2) is 51.8 Å². The minimum absolute atomic E-state index is 0.0176. The van der Waals surface area contributed by atoms with Crippen molar-refractivity contribution in [2.24, 2.45) is 4.99 Å². The number of carbonyl (C=O) groups excluding carboxylic acids is 1. The monoisotopic (exact) mass is 422 g/mol. The number of guanidine groups is 1. The van der Waals surface area contributed by atoms with Crippen LogP contribution in [0.25, 0.3) is 0 Å². The first-order valence-corrected chi connectivity index (χ1v) is 11.1. The molecule has 31 heavy (non-hydrogen) atoms. The first-order chi connectivity index (χ1) is 15.2. The molecule has 2 aromatic carbocycles. The van der Waals surface area contributed by atoms with Crippen LogP contribution in [0.1, 0.15) is 41.3 Å². The fourth-order valence-electron chi connectivity index (χ4n) is 4.00. The fraction of sp³-hybridized carbons (Fsp3) is 0.440. The number of nitrogens with one attached hydrogen (secondary N) is 3. The molecule has 1 heterocycles. The van der Waals surface area contributed by atoms with Crippen molar-refractivity contribution in [3.8, 4) is 0 Å². The number of ether oxygens (including phenoxy) is 1. The molecule has 1 aliphatic heterocycles. The van der Waals surface area contributed by atoms with E-state index in [0.717, 1.165) is 63.6 Å². The maximum absolute atomic E-state index is 11.9. The van der Waals surface area contributed by atoms with Gasteiger partial charge in [0.15, 0.2) is 5.96 Å². The zero-order valence-corrected chi connectivity index (χ0v) is 18.6. The van der Waals surface area contributed by atoms with Crippen molar-refractivity contribution in [3.63, 3.8) is 0 Å². The number of rotatable bonds is 8.